The minimum Gasteiger partial charge on any atom is -0.332 e. The van der Waals surface area contributed by atoms with Gasteiger partial charge in [0, 0.05) is 22.9 Å². The Morgan fingerprint density at radius 3 is 3.05 bits per heavy atom. The Morgan fingerprint density at radius 1 is 1.45 bits per heavy atom. The molecular formula is C11H9BrN6OS. The van der Waals surface area contributed by atoms with Gasteiger partial charge in [0.15, 0.2) is 5.69 Å². The van der Waals surface area contributed by atoms with Crippen LogP contribution in [-0.2, 0) is 0 Å². The van der Waals surface area contributed by atoms with Crippen LogP contribution < -0.4 is 5.32 Å². The molecule has 1 N–H and O–H groups in total. The molecule has 0 bridgehead atoms. The van der Waals surface area contributed by atoms with Gasteiger partial charge in [-0.1, -0.05) is 10.4 Å². The number of rotatable bonds is 3. The molecule has 4 heterocycles. The Balaban J connectivity index is 1.62. The second kappa shape index (κ2) is 4.76. The van der Waals surface area contributed by atoms with Crippen molar-refractivity contribution in [2.24, 2.45) is 0 Å². The number of halogens is 1. The van der Waals surface area contributed by atoms with E-state index in [0.29, 0.717) is 23.5 Å². The first-order valence-corrected chi connectivity index (χ1v) is 7.68. The van der Waals surface area contributed by atoms with Crippen molar-refractivity contribution in [1.29, 1.82) is 0 Å². The maximum Gasteiger partial charge on any atom is 0.280 e. The fraction of sp³-hybridized carbons (Fsp3) is 0.273. The van der Waals surface area contributed by atoms with Crippen molar-refractivity contribution in [2.75, 3.05) is 13.1 Å². The lowest BCUT2D eigenvalue weighted by molar-refractivity contribution is 0.313. The Bertz CT molecular complexity index is 746. The third-order valence-electron chi connectivity index (χ3n) is 3.08. The van der Waals surface area contributed by atoms with Gasteiger partial charge in [0.2, 0.25) is 5.82 Å². The molecule has 1 fully saturated rings. The number of nitrogens with zero attached hydrogens (tertiary/aromatic N) is 5. The van der Waals surface area contributed by atoms with E-state index in [4.69, 9.17) is 4.52 Å². The molecule has 0 amide bonds. The maximum absolute atomic E-state index is 5.26. The van der Waals surface area contributed by atoms with Gasteiger partial charge in [0.25, 0.3) is 5.89 Å². The lowest BCUT2D eigenvalue weighted by Crippen LogP contribution is -2.43. The molecule has 0 unspecified atom stereocenters. The molecule has 1 aliphatic heterocycles. The summed E-state index contributed by atoms with van der Waals surface area (Å²) in [5.74, 6) is 0.957. The van der Waals surface area contributed by atoms with E-state index in [1.54, 1.807) is 11.3 Å². The second-order valence-electron chi connectivity index (χ2n) is 4.45. The van der Waals surface area contributed by atoms with Gasteiger partial charge >= 0.3 is 0 Å². The van der Waals surface area contributed by atoms with Crippen LogP contribution >= 0.6 is 27.3 Å². The topological polar surface area (TPSA) is 81.7 Å². The molecule has 0 aliphatic carbocycles. The van der Waals surface area contributed by atoms with Gasteiger partial charge in [-0.15, -0.1) is 16.4 Å². The van der Waals surface area contributed by atoms with Crippen molar-refractivity contribution >= 4 is 27.3 Å². The van der Waals surface area contributed by atoms with E-state index in [9.17, 15) is 0 Å². The summed E-state index contributed by atoms with van der Waals surface area (Å²) in [6.45, 7) is 1.84. The van der Waals surface area contributed by atoms with Gasteiger partial charge in [-0.25, -0.2) is 4.68 Å². The minimum atomic E-state index is 0.367. The van der Waals surface area contributed by atoms with Crippen LogP contribution in [0, 0.1) is 0 Å². The molecule has 20 heavy (non-hydrogen) atoms. The Morgan fingerprint density at radius 2 is 2.35 bits per heavy atom. The van der Waals surface area contributed by atoms with E-state index in [1.807, 2.05) is 22.3 Å². The van der Waals surface area contributed by atoms with Gasteiger partial charge in [-0.05, 0) is 22.0 Å². The van der Waals surface area contributed by atoms with Crippen LogP contribution in [0.5, 0.6) is 0 Å². The summed E-state index contributed by atoms with van der Waals surface area (Å²) in [4.78, 5) is 5.31. The SMILES string of the molecule is Brc1csc(-c2noc(-c3cn(C4CNC4)nn3)n2)c1. The first-order valence-electron chi connectivity index (χ1n) is 6.00. The molecule has 0 radical (unpaired) electrons. The third kappa shape index (κ3) is 2.07. The van der Waals surface area contributed by atoms with E-state index in [0.717, 1.165) is 22.4 Å². The highest BCUT2D eigenvalue weighted by Gasteiger charge is 2.22. The van der Waals surface area contributed by atoms with E-state index in [1.165, 1.54) is 0 Å². The minimum absolute atomic E-state index is 0.367. The normalized spacial score (nSPS) is 15.4. The van der Waals surface area contributed by atoms with Crippen LogP contribution in [0.4, 0.5) is 0 Å². The van der Waals surface area contributed by atoms with Crippen molar-refractivity contribution < 1.29 is 4.52 Å². The summed E-state index contributed by atoms with van der Waals surface area (Å²) in [5.41, 5.74) is 0.603. The van der Waals surface area contributed by atoms with Crippen molar-refractivity contribution in [3.8, 4) is 22.3 Å². The molecule has 0 saturated carbocycles. The smallest absolute Gasteiger partial charge is 0.280 e. The molecule has 9 heteroatoms. The second-order valence-corrected chi connectivity index (χ2v) is 6.28. The molecule has 3 aromatic rings. The number of nitrogens with one attached hydrogen (secondary N) is 1. The highest BCUT2D eigenvalue weighted by Crippen LogP contribution is 2.29. The van der Waals surface area contributed by atoms with E-state index in [-0.39, 0.29) is 0 Å². The molecule has 1 saturated heterocycles. The van der Waals surface area contributed by atoms with Gasteiger partial charge in [0.05, 0.1) is 17.1 Å². The molecule has 0 spiro atoms. The summed E-state index contributed by atoms with van der Waals surface area (Å²) in [6.07, 6.45) is 1.84. The van der Waals surface area contributed by atoms with Crippen LogP contribution in [-0.4, -0.2) is 38.2 Å². The number of hydrogen-bond donors (Lipinski definition) is 1. The Hall–Kier alpha value is -1.58. The summed E-state index contributed by atoms with van der Waals surface area (Å²) < 4.78 is 8.10. The Labute approximate surface area is 126 Å². The van der Waals surface area contributed by atoms with Gasteiger partial charge in [-0.2, -0.15) is 4.98 Å². The summed E-state index contributed by atoms with van der Waals surface area (Å²) in [5, 5.41) is 17.3. The standard InChI is InChI=1S/C11H9BrN6OS/c12-6-1-9(20-5-6)10-14-11(19-16-10)8-4-18(17-15-8)7-2-13-3-7/h1,4-5,7,13H,2-3H2. The van der Waals surface area contributed by atoms with Crippen LogP contribution in [0.2, 0.25) is 0 Å². The van der Waals surface area contributed by atoms with Crippen LogP contribution in [0.1, 0.15) is 6.04 Å². The fourth-order valence-electron chi connectivity index (χ4n) is 1.87. The summed E-state index contributed by atoms with van der Waals surface area (Å²) >= 11 is 4.96. The monoisotopic (exact) mass is 352 g/mol. The first kappa shape index (κ1) is 12.2. The quantitative estimate of drug-likeness (QED) is 0.775. The molecule has 102 valence electrons. The molecule has 7 nitrogen and oxygen atoms in total. The summed E-state index contributed by atoms with van der Waals surface area (Å²) in [7, 11) is 0. The average molecular weight is 353 g/mol. The lowest BCUT2D eigenvalue weighted by atomic mass is 10.2. The molecule has 0 atom stereocenters. The molecule has 3 aromatic heterocycles. The maximum atomic E-state index is 5.26. The lowest BCUT2D eigenvalue weighted by Gasteiger charge is -2.26. The number of hydrogen-bond acceptors (Lipinski definition) is 7. The van der Waals surface area contributed by atoms with E-state index < -0.39 is 0 Å². The zero-order chi connectivity index (χ0) is 13.5. The highest BCUT2D eigenvalue weighted by molar-refractivity contribution is 9.10. The zero-order valence-corrected chi connectivity index (χ0v) is 12.6. The van der Waals surface area contributed by atoms with Crippen molar-refractivity contribution in [3.05, 3.63) is 22.1 Å². The fourth-order valence-corrected chi connectivity index (χ4v) is 3.22. The highest BCUT2D eigenvalue weighted by atomic mass is 79.9. The van der Waals surface area contributed by atoms with Gasteiger partial charge < -0.3 is 9.84 Å². The largest absolute Gasteiger partial charge is 0.332 e. The predicted molar refractivity (Wildman–Crippen MR) is 76.2 cm³/mol. The molecular weight excluding hydrogens is 344 g/mol. The van der Waals surface area contributed by atoms with Crippen LogP contribution in [0.25, 0.3) is 22.3 Å². The van der Waals surface area contributed by atoms with Crippen molar-refractivity contribution in [3.63, 3.8) is 0 Å². The number of thiophene rings is 1. The molecule has 4 rings (SSSR count). The van der Waals surface area contributed by atoms with Crippen LogP contribution in [0.15, 0.2) is 26.6 Å². The summed E-state index contributed by atoms with van der Waals surface area (Å²) in [6, 6.07) is 2.32. The van der Waals surface area contributed by atoms with Crippen LogP contribution in [0.3, 0.4) is 0 Å². The van der Waals surface area contributed by atoms with Crippen molar-refractivity contribution in [1.82, 2.24) is 30.5 Å². The Kier molecular flexibility index (Phi) is 2.90. The van der Waals surface area contributed by atoms with Crippen molar-refractivity contribution in [2.45, 2.75) is 6.04 Å². The van der Waals surface area contributed by atoms with Gasteiger partial charge in [-0.3, -0.25) is 0 Å². The number of aromatic nitrogens is 5. The van der Waals surface area contributed by atoms with E-state index >= 15 is 0 Å². The predicted octanol–water partition coefficient (Wildman–Crippen LogP) is 1.96. The third-order valence-corrected chi connectivity index (χ3v) is 4.76. The molecule has 0 aromatic carbocycles. The average Bonchev–Trinajstić information content (AvgIpc) is 3.04. The first-order chi connectivity index (χ1) is 9.79. The van der Waals surface area contributed by atoms with E-state index in [2.05, 4.69) is 41.7 Å². The van der Waals surface area contributed by atoms with Gasteiger partial charge in [0.1, 0.15) is 0 Å². The zero-order valence-electron chi connectivity index (χ0n) is 10.2. The molecule has 1 aliphatic rings.